The summed E-state index contributed by atoms with van der Waals surface area (Å²) in [6.07, 6.45) is 5.99. The Bertz CT molecular complexity index is 897. The fraction of sp³-hybridized carbons (Fsp3) is 0.438. The third-order valence-electron chi connectivity index (χ3n) is 4.47. The Hall–Kier alpha value is -2.77. The minimum Gasteiger partial charge on any atom is -0.347 e. The average molecular weight is 325 g/mol. The fourth-order valence-corrected chi connectivity index (χ4v) is 3.28. The maximum Gasteiger partial charge on any atom is 0.257 e. The Morgan fingerprint density at radius 2 is 2.29 bits per heavy atom. The number of nitrogens with one attached hydrogen (secondary N) is 1. The lowest BCUT2D eigenvalue weighted by atomic mass is 10.1. The highest BCUT2D eigenvalue weighted by Gasteiger charge is 2.26. The highest BCUT2D eigenvalue weighted by molar-refractivity contribution is 6.01. The van der Waals surface area contributed by atoms with Gasteiger partial charge >= 0.3 is 0 Å². The van der Waals surface area contributed by atoms with Crippen molar-refractivity contribution in [2.45, 2.75) is 45.7 Å². The van der Waals surface area contributed by atoms with Crippen molar-refractivity contribution in [2.24, 2.45) is 0 Å². The first-order chi connectivity index (χ1) is 11.7. The molecule has 1 aliphatic rings. The van der Waals surface area contributed by atoms with Crippen molar-refractivity contribution in [3.8, 4) is 0 Å². The smallest absolute Gasteiger partial charge is 0.257 e. The van der Waals surface area contributed by atoms with Crippen LogP contribution >= 0.6 is 0 Å². The molecule has 24 heavy (non-hydrogen) atoms. The molecule has 0 radical (unpaired) electrons. The van der Waals surface area contributed by atoms with Crippen LogP contribution in [0.3, 0.4) is 0 Å². The van der Waals surface area contributed by atoms with Crippen LogP contribution in [0.2, 0.25) is 0 Å². The van der Waals surface area contributed by atoms with E-state index in [0.717, 1.165) is 30.9 Å². The summed E-state index contributed by atoms with van der Waals surface area (Å²) in [7, 11) is 0. The molecule has 0 spiro atoms. The Morgan fingerprint density at radius 3 is 3.12 bits per heavy atom. The monoisotopic (exact) mass is 325 g/mol. The highest BCUT2D eigenvalue weighted by Crippen LogP contribution is 2.17. The third-order valence-corrected chi connectivity index (χ3v) is 4.47. The molecule has 4 heterocycles. The molecule has 3 aromatic heterocycles. The zero-order valence-corrected chi connectivity index (χ0v) is 13.7. The molecule has 1 aliphatic heterocycles. The summed E-state index contributed by atoms with van der Waals surface area (Å²) in [6.45, 7) is 4.61. The van der Waals surface area contributed by atoms with Gasteiger partial charge < -0.3 is 9.88 Å². The van der Waals surface area contributed by atoms with Crippen LogP contribution in [0, 0.1) is 6.92 Å². The first kappa shape index (κ1) is 14.8. The van der Waals surface area contributed by atoms with Crippen LogP contribution in [0.25, 0.3) is 5.65 Å². The minimum atomic E-state index is -0.124. The van der Waals surface area contributed by atoms with Gasteiger partial charge in [-0.05, 0) is 19.4 Å². The number of carbonyl (C=O) groups is 1. The van der Waals surface area contributed by atoms with Gasteiger partial charge in [-0.2, -0.15) is 5.10 Å². The van der Waals surface area contributed by atoms with E-state index in [1.54, 1.807) is 23.0 Å². The van der Waals surface area contributed by atoms with E-state index in [2.05, 4.69) is 37.1 Å². The Labute approximate surface area is 138 Å². The number of nitrogens with zero attached hydrogens (tertiary/aromatic N) is 6. The zero-order valence-electron chi connectivity index (χ0n) is 13.7. The molecule has 8 heteroatoms. The Morgan fingerprint density at radius 1 is 1.42 bits per heavy atom. The molecular formula is C16H19N7O. The van der Waals surface area contributed by atoms with Crippen molar-refractivity contribution in [3.05, 3.63) is 41.4 Å². The van der Waals surface area contributed by atoms with Crippen molar-refractivity contribution < 1.29 is 4.79 Å². The predicted molar refractivity (Wildman–Crippen MR) is 86.7 cm³/mol. The maximum absolute atomic E-state index is 12.8. The lowest BCUT2D eigenvalue weighted by molar-refractivity contribution is 0.0928. The normalized spacial score (nSPS) is 17.0. The highest BCUT2D eigenvalue weighted by atomic mass is 16.1. The van der Waals surface area contributed by atoms with E-state index in [1.165, 1.54) is 0 Å². The molecule has 8 nitrogen and oxygen atoms in total. The number of aromatic nitrogens is 6. The van der Waals surface area contributed by atoms with Gasteiger partial charge in [0.2, 0.25) is 0 Å². The molecule has 0 unspecified atom stereocenters. The molecule has 0 saturated carbocycles. The van der Waals surface area contributed by atoms with E-state index >= 15 is 0 Å². The zero-order chi connectivity index (χ0) is 16.7. The quantitative estimate of drug-likeness (QED) is 0.774. The predicted octanol–water partition coefficient (Wildman–Crippen LogP) is 0.936. The molecule has 124 valence electrons. The molecule has 1 atom stereocenters. The number of aryl methyl sites for hydroxylation is 3. The second-order valence-electron chi connectivity index (χ2n) is 6.05. The van der Waals surface area contributed by atoms with Crippen molar-refractivity contribution >= 4 is 11.6 Å². The lowest BCUT2D eigenvalue weighted by Gasteiger charge is -2.25. The average Bonchev–Trinajstić information content (AvgIpc) is 3.13. The van der Waals surface area contributed by atoms with Gasteiger partial charge in [-0.3, -0.25) is 4.79 Å². The number of rotatable bonds is 3. The first-order valence-electron chi connectivity index (χ1n) is 8.19. The summed E-state index contributed by atoms with van der Waals surface area (Å²) < 4.78 is 3.76. The largest absolute Gasteiger partial charge is 0.347 e. The van der Waals surface area contributed by atoms with Gasteiger partial charge in [-0.1, -0.05) is 6.92 Å². The molecule has 0 bridgehead atoms. The summed E-state index contributed by atoms with van der Waals surface area (Å²) in [5.41, 5.74) is 1.81. The number of fused-ring (bicyclic) bond motifs is 2. The van der Waals surface area contributed by atoms with Crippen LogP contribution in [0.1, 0.15) is 41.0 Å². The van der Waals surface area contributed by atoms with E-state index < -0.39 is 0 Å². The third kappa shape index (κ3) is 2.34. The van der Waals surface area contributed by atoms with E-state index in [4.69, 9.17) is 0 Å². The summed E-state index contributed by atoms with van der Waals surface area (Å²) >= 11 is 0. The van der Waals surface area contributed by atoms with Gasteiger partial charge in [0.05, 0.1) is 5.69 Å². The minimum absolute atomic E-state index is 0.0596. The Kier molecular flexibility index (Phi) is 3.51. The van der Waals surface area contributed by atoms with Crippen molar-refractivity contribution in [3.63, 3.8) is 0 Å². The summed E-state index contributed by atoms with van der Waals surface area (Å²) in [5, 5.41) is 15.9. The van der Waals surface area contributed by atoms with Gasteiger partial charge in [0.1, 0.15) is 17.2 Å². The first-order valence-corrected chi connectivity index (χ1v) is 8.19. The van der Waals surface area contributed by atoms with Gasteiger partial charge in [0.25, 0.3) is 5.91 Å². The van der Waals surface area contributed by atoms with Crippen molar-refractivity contribution in [1.82, 2.24) is 34.7 Å². The standard InChI is InChI=1S/C16H19N7O/c1-3-12-19-20-13-6-5-11(9-22(12)13)18-16(24)14-10(2)21-23-8-4-7-17-15(14)23/h4,7-8,11H,3,5-6,9H2,1-2H3,(H,18,24)/t11-/m0/s1. The summed E-state index contributed by atoms with van der Waals surface area (Å²) in [4.78, 5) is 17.1. The van der Waals surface area contributed by atoms with E-state index in [1.807, 2.05) is 6.92 Å². The molecule has 1 amide bonds. The molecule has 0 saturated heterocycles. The number of hydrogen-bond acceptors (Lipinski definition) is 5. The second kappa shape index (κ2) is 5.70. The Balaban J connectivity index is 1.57. The van der Waals surface area contributed by atoms with Crippen LogP contribution in [0.15, 0.2) is 18.5 Å². The van der Waals surface area contributed by atoms with Crippen molar-refractivity contribution in [2.75, 3.05) is 0 Å². The molecule has 0 aromatic carbocycles. The van der Waals surface area contributed by atoms with Gasteiger partial charge in [0, 0.05) is 37.8 Å². The van der Waals surface area contributed by atoms with Crippen LogP contribution < -0.4 is 5.32 Å². The van der Waals surface area contributed by atoms with Gasteiger partial charge in [0.15, 0.2) is 5.65 Å². The molecule has 0 fully saturated rings. The number of amides is 1. The van der Waals surface area contributed by atoms with Crippen LogP contribution in [-0.2, 0) is 19.4 Å². The van der Waals surface area contributed by atoms with Gasteiger partial charge in [-0.25, -0.2) is 9.50 Å². The number of hydrogen-bond donors (Lipinski definition) is 1. The van der Waals surface area contributed by atoms with Crippen molar-refractivity contribution in [1.29, 1.82) is 0 Å². The lowest BCUT2D eigenvalue weighted by Crippen LogP contribution is -2.41. The summed E-state index contributed by atoms with van der Waals surface area (Å²) in [6, 6.07) is 1.85. The topological polar surface area (TPSA) is 90.0 Å². The fourth-order valence-electron chi connectivity index (χ4n) is 3.28. The van der Waals surface area contributed by atoms with E-state index in [9.17, 15) is 4.79 Å². The second-order valence-corrected chi connectivity index (χ2v) is 6.05. The SMILES string of the molecule is CCc1nnc2n1C[C@@H](NC(=O)c1c(C)nn3cccnc13)CC2. The van der Waals surface area contributed by atoms with Crippen LogP contribution in [-0.4, -0.2) is 41.3 Å². The maximum atomic E-state index is 12.8. The van der Waals surface area contributed by atoms with Crippen LogP contribution in [0.4, 0.5) is 0 Å². The molecular weight excluding hydrogens is 306 g/mol. The molecule has 4 rings (SSSR count). The summed E-state index contributed by atoms with van der Waals surface area (Å²) in [5.74, 6) is 1.85. The number of carbonyl (C=O) groups excluding carboxylic acids is 1. The van der Waals surface area contributed by atoms with E-state index in [-0.39, 0.29) is 11.9 Å². The van der Waals surface area contributed by atoms with Gasteiger partial charge in [-0.15, -0.1) is 10.2 Å². The molecule has 3 aromatic rings. The molecule has 1 N–H and O–H groups in total. The van der Waals surface area contributed by atoms with E-state index in [0.29, 0.717) is 23.4 Å². The molecule has 0 aliphatic carbocycles. The van der Waals surface area contributed by atoms with Crippen LogP contribution in [0.5, 0.6) is 0 Å².